The molecule has 0 radical (unpaired) electrons. The lowest BCUT2D eigenvalue weighted by Crippen LogP contribution is -2.49. The Kier molecular flexibility index (Phi) is 7.95. The van der Waals surface area contributed by atoms with Crippen molar-refractivity contribution in [1.29, 1.82) is 0 Å². The van der Waals surface area contributed by atoms with Crippen LogP contribution in [0.15, 0.2) is 42.9 Å². The van der Waals surface area contributed by atoms with E-state index >= 15 is 0 Å². The SMILES string of the molecule is C[C@H]1CN([C@@H](C)CO)C(=O)c2cc(C3=CCCCC3)cnc2O[C@@H]1CN(C)Cc1cccnc1. The Morgan fingerprint density at radius 1 is 1.32 bits per heavy atom. The molecule has 3 heterocycles. The first-order chi connectivity index (χ1) is 16.5. The highest BCUT2D eigenvalue weighted by atomic mass is 16.5. The maximum absolute atomic E-state index is 13.6. The zero-order valence-corrected chi connectivity index (χ0v) is 20.5. The summed E-state index contributed by atoms with van der Waals surface area (Å²) in [6, 6.07) is 5.66. The standard InChI is InChI=1S/C27H36N4O3/c1-19-15-31(20(2)18-32)27(33)24-12-23(22-9-5-4-6-10-22)14-29-26(24)34-25(19)17-30(3)16-21-8-7-11-28-13-21/h7-9,11-14,19-20,25,32H,4-6,10,15-18H2,1-3H3/t19-,20-,25+/m0/s1. The summed E-state index contributed by atoms with van der Waals surface area (Å²) in [5.41, 5.74) is 3.86. The minimum atomic E-state index is -0.285. The molecule has 3 atom stereocenters. The van der Waals surface area contributed by atoms with E-state index in [0.717, 1.165) is 36.9 Å². The van der Waals surface area contributed by atoms with Gasteiger partial charge in [-0.3, -0.25) is 14.7 Å². The fourth-order valence-electron chi connectivity index (χ4n) is 4.77. The Morgan fingerprint density at radius 3 is 2.88 bits per heavy atom. The number of aromatic nitrogens is 2. The number of hydrogen-bond donors (Lipinski definition) is 1. The summed E-state index contributed by atoms with van der Waals surface area (Å²) >= 11 is 0. The largest absolute Gasteiger partial charge is 0.472 e. The van der Waals surface area contributed by atoms with Gasteiger partial charge in [-0.05, 0) is 68.5 Å². The van der Waals surface area contributed by atoms with Crippen LogP contribution in [0.4, 0.5) is 0 Å². The third kappa shape index (κ3) is 5.65. The van der Waals surface area contributed by atoms with E-state index in [9.17, 15) is 9.90 Å². The Labute approximate surface area is 202 Å². The number of amides is 1. The Balaban J connectivity index is 1.63. The number of carbonyl (C=O) groups is 1. The van der Waals surface area contributed by atoms with Crippen molar-refractivity contribution in [2.75, 3.05) is 26.7 Å². The van der Waals surface area contributed by atoms with Crippen LogP contribution in [0.1, 0.15) is 61.0 Å². The molecule has 2 aromatic rings. The van der Waals surface area contributed by atoms with Crippen LogP contribution < -0.4 is 4.74 Å². The number of fused-ring (bicyclic) bond motifs is 1. The molecule has 2 aliphatic rings. The van der Waals surface area contributed by atoms with Crippen LogP contribution in [0.3, 0.4) is 0 Å². The zero-order chi connectivity index (χ0) is 24.1. The van der Waals surface area contributed by atoms with Gasteiger partial charge in [-0.15, -0.1) is 0 Å². The van der Waals surface area contributed by atoms with Gasteiger partial charge in [0.05, 0.1) is 12.6 Å². The molecule has 2 aromatic heterocycles. The minimum Gasteiger partial charge on any atom is -0.472 e. The molecular formula is C27H36N4O3. The summed E-state index contributed by atoms with van der Waals surface area (Å²) in [4.78, 5) is 26.4. The molecule has 34 heavy (non-hydrogen) atoms. The van der Waals surface area contributed by atoms with Crippen LogP contribution in [-0.4, -0.2) is 69.7 Å². The number of nitrogens with zero attached hydrogens (tertiary/aromatic N) is 4. The van der Waals surface area contributed by atoms with Crippen molar-refractivity contribution in [3.05, 3.63) is 59.6 Å². The molecule has 0 saturated carbocycles. The van der Waals surface area contributed by atoms with Gasteiger partial charge in [0.15, 0.2) is 0 Å². The first-order valence-electron chi connectivity index (χ1n) is 12.3. The van der Waals surface area contributed by atoms with Gasteiger partial charge in [0.25, 0.3) is 5.91 Å². The number of hydrogen-bond acceptors (Lipinski definition) is 6. The molecule has 0 bridgehead atoms. The number of likely N-dealkylation sites (N-methyl/N-ethyl adjacent to an activating group) is 1. The summed E-state index contributed by atoms with van der Waals surface area (Å²) in [5, 5.41) is 9.87. The lowest BCUT2D eigenvalue weighted by atomic mass is 9.93. The predicted molar refractivity (Wildman–Crippen MR) is 132 cm³/mol. The van der Waals surface area contributed by atoms with Crippen molar-refractivity contribution in [3.63, 3.8) is 0 Å². The van der Waals surface area contributed by atoms with Gasteiger partial charge in [0, 0.05) is 44.1 Å². The van der Waals surface area contributed by atoms with Crippen LogP contribution in [0, 0.1) is 5.92 Å². The number of rotatable bonds is 7. The summed E-state index contributed by atoms with van der Waals surface area (Å²) in [6.45, 7) is 5.84. The number of allylic oxidation sites excluding steroid dienone is 2. The number of aliphatic hydroxyl groups excluding tert-OH is 1. The third-order valence-electron chi connectivity index (χ3n) is 6.85. The summed E-state index contributed by atoms with van der Waals surface area (Å²) < 4.78 is 6.43. The lowest BCUT2D eigenvalue weighted by Gasteiger charge is -2.37. The van der Waals surface area contributed by atoms with Crippen LogP contribution in [0.25, 0.3) is 5.57 Å². The summed E-state index contributed by atoms with van der Waals surface area (Å²) in [7, 11) is 2.06. The molecule has 0 aromatic carbocycles. The highest BCUT2D eigenvalue weighted by Crippen LogP contribution is 2.32. The first kappa shape index (κ1) is 24.4. The summed E-state index contributed by atoms with van der Waals surface area (Å²) in [5.74, 6) is 0.313. The number of ether oxygens (including phenoxy) is 1. The molecule has 1 aliphatic heterocycles. The van der Waals surface area contributed by atoms with Gasteiger partial charge in [0.2, 0.25) is 5.88 Å². The quantitative estimate of drug-likeness (QED) is 0.672. The van der Waals surface area contributed by atoms with Crippen LogP contribution >= 0.6 is 0 Å². The van der Waals surface area contributed by atoms with Crippen molar-refractivity contribution < 1.29 is 14.6 Å². The molecule has 0 fully saturated rings. The maximum Gasteiger partial charge on any atom is 0.259 e. The molecule has 1 aliphatic carbocycles. The molecule has 0 saturated heterocycles. The van der Waals surface area contributed by atoms with Crippen molar-refractivity contribution in [3.8, 4) is 5.88 Å². The van der Waals surface area contributed by atoms with E-state index in [1.807, 2.05) is 31.5 Å². The highest BCUT2D eigenvalue weighted by Gasteiger charge is 2.34. The number of carbonyl (C=O) groups excluding carboxylic acids is 1. The summed E-state index contributed by atoms with van der Waals surface area (Å²) in [6.07, 6.45) is 12.0. The fourth-order valence-corrected chi connectivity index (χ4v) is 4.77. The average Bonchev–Trinajstić information content (AvgIpc) is 2.86. The van der Waals surface area contributed by atoms with E-state index in [0.29, 0.717) is 24.5 Å². The third-order valence-corrected chi connectivity index (χ3v) is 6.85. The van der Waals surface area contributed by atoms with Gasteiger partial charge >= 0.3 is 0 Å². The molecule has 1 N–H and O–H groups in total. The molecule has 1 amide bonds. The van der Waals surface area contributed by atoms with E-state index in [-0.39, 0.29) is 30.6 Å². The predicted octanol–water partition coefficient (Wildman–Crippen LogP) is 3.79. The Hall–Kier alpha value is -2.77. The van der Waals surface area contributed by atoms with Crippen molar-refractivity contribution in [2.24, 2.45) is 5.92 Å². The topological polar surface area (TPSA) is 78.8 Å². The normalized spacial score (nSPS) is 21.9. The van der Waals surface area contributed by atoms with Crippen LogP contribution in [0.2, 0.25) is 0 Å². The van der Waals surface area contributed by atoms with Gasteiger partial charge in [-0.25, -0.2) is 4.98 Å². The van der Waals surface area contributed by atoms with Gasteiger partial charge in [-0.2, -0.15) is 0 Å². The molecular weight excluding hydrogens is 428 g/mol. The number of aliphatic hydroxyl groups is 1. The maximum atomic E-state index is 13.6. The van der Waals surface area contributed by atoms with Crippen molar-refractivity contribution in [2.45, 2.75) is 58.2 Å². The van der Waals surface area contributed by atoms with E-state index in [1.54, 1.807) is 11.1 Å². The number of pyridine rings is 2. The Morgan fingerprint density at radius 2 is 2.18 bits per heavy atom. The molecule has 0 unspecified atom stereocenters. The molecule has 4 rings (SSSR count). The zero-order valence-electron chi connectivity index (χ0n) is 20.5. The van der Waals surface area contributed by atoms with Crippen molar-refractivity contribution >= 4 is 11.5 Å². The Bertz CT molecular complexity index is 1010. The monoisotopic (exact) mass is 464 g/mol. The van der Waals surface area contributed by atoms with Crippen molar-refractivity contribution in [1.82, 2.24) is 19.8 Å². The highest BCUT2D eigenvalue weighted by molar-refractivity contribution is 5.97. The molecule has 0 spiro atoms. The van der Waals surface area contributed by atoms with Gasteiger partial charge in [0.1, 0.15) is 11.7 Å². The van der Waals surface area contributed by atoms with Gasteiger partial charge in [-0.1, -0.05) is 19.1 Å². The fraction of sp³-hybridized carbons (Fsp3) is 0.519. The molecule has 7 nitrogen and oxygen atoms in total. The van der Waals surface area contributed by atoms with Crippen LogP contribution in [0.5, 0.6) is 5.88 Å². The molecule has 7 heteroatoms. The van der Waals surface area contributed by atoms with Crippen LogP contribution in [-0.2, 0) is 6.54 Å². The second-order valence-corrected chi connectivity index (χ2v) is 9.73. The minimum absolute atomic E-state index is 0.0602. The van der Waals surface area contributed by atoms with E-state index in [4.69, 9.17) is 4.74 Å². The van der Waals surface area contributed by atoms with Gasteiger partial charge < -0.3 is 14.7 Å². The second kappa shape index (κ2) is 11.1. The van der Waals surface area contributed by atoms with E-state index in [1.165, 1.54) is 12.0 Å². The molecule has 182 valence electrons. The van der Waals surface area contributed by atoms with E-state index in [2.05, 4.69) is 41.0 Å². The smallest absolute Gasteiger partial charge is 0.259 e. The van der Waals surface area contributed by atoms with E-state index < -0.39 is 0 Å². The lowest BCUT2D eigenvalue weighted by molar-refractivity contribution is 0.0325. The average molecular weight is 465 g/mol. The second-order valence-electron chi connectivity index (χ2n) is 9.73. The first-order valence-corrected chi connectivity index (χ1v) is 12.3.